The van der Waals surface area contributed by atoms with Crippen LogP contribution < -0.4 is 0 Å². The van der Waals surface area contributed by atoms with Gasteiger partial charge in [-0.05, 0) is 19.8 Å². The average molecular weight is 275 g/mol. The summed E-state index contributed by atoms with van der Waals surface area (Å²) in [6.45, 7) is 5.99. The number of rotatable bonds is 14. The Morgan fingerprint density at radius 3 is 1.37 bits per heavy atom. The summed E-state index contributed by atoms with van der Waals surface area (Å²) in [4.78, 5) is 0. The quantitative estimate of drug-likeness (QED) is 0.261. The Morgan fingerprint density at radius 1 is 0.632 bits per heavy atom. The SMILES string of the molecule is [CH2]C=CCCCCCCCCCCCCCCC.[NaH]. The Balaban J connectivity index is 0. The molecule has 1 heteroatoms. The van der Waals surface area contributed by atoms with Crippen LogP contribution in [-0.4, -0.2) is 29.6 Å². The molecular weight excluding hydrogens is 239 g/mol. The molecule has 0 aromatic carbocycles. The van der Waals surface area contributed by atoms with Gasteiger partial charge in [0.1, 0.15) is 0 Å². The van der Waals surface area contributed by atoms with Crippen LogP contribution in [0, 0.1) is 6.92 Å². The molecule has 0 spiro atoms. The van der Waals surface area contributed by atoms with Crippen LogP contribution in [0.1, 0.15) is 96.8 Å². The third kappa shape index (κ3) is 21.2. The second-order valence-corrected chi connectivity index (χ2v) is 5.50. The number of unbranched alkanes of at least 4 members (excludes halogenated alkanes) is 13. The van der Waals surface area contributed by atoms with E-state index >= 15 is 0 Å². The van der Waals surface area contributed by atoms with Crippen LogP contribution in [0.15, 0.2) is 12.2 Å². The van der Waals surface area contributed by atoms with Gasteiger partial charge in [-0.1, -0.05) is 96.1 Å². The summed E-state index contributed by atoms with van der Waals surface area (Å²) in [5, 5.41) is 0. The Hall–Kier alpha value is 0.740. The summed E-state index contributed by atoms with van der Waals surface area (Å²) in [5.74, 6) is 0. The molecule has 0 amide bonds. The molecule has 0 heterocycles. The molecular formula is C18H36Na. The molecule has 0 aromatic rings. The van der Waals surface area contributed by atoms with Gasteiger partial charge in [0.15, 0.2) is 0 Å². The second-order valence-electron chi connectivity index (χ2n) is 5.50. The van der Waals surface area contributed by atoms with Gasteiger partial charge in [0.25, 0.3) is 0 Å². The van der Waals surface area contributed by atoms with E-state index < -0.39 is 0 Å². The Labute approximate surface area is 145 Å². The molecule has 0 rings (SSSR count). The van der Waals surface area contributed by atoms with Crippen molar-refractivity contribution in [1.82, 2.24) is 0 Å². The van der Waals surface area contributed by atoms with E-state index in [2.05, 4.69) is 19.9 Å². The summed E-state index contributed by atoms with van der Waals surface area (Å²) < 4.78 is 0. The van der Waals surface area contributed by atoms with Crippen molar-refractivity contribution in [2.45, 2.75) is 96.8 Å². The summed E-state index contributed by atoms with van der Waals surface area (Å²) in [5.41, 5.74) is 0. The van der Waals surface area contributed by atoms with Crippen molar-refractivity contribution >= 4 is 29.6 Å². The molecule has 0 fully saturated rings. The van der Waals surface area contributed by atoms with Gasteiger partial charge in [0.2, 0.25) is 0 Å². The van der Waals surface area contributed by atoms with E-state index in [9.17, 15) is 0 Å². The Bertz CT molecular complexity index is 163. The third-order valence-electron chi connectivity index (χ3n) is 3.64. The van der Waals surface area contributed by atoms with Crippen LogP contribution in [0.5, 0.6) is 0 Å². The maximum atomic E-state index is 3.70. The molecule has 0 aromatic heterocycles. The van der Waals surface area contributed by atoms with E-state index in [1.54, 1.807) is 0 Å². The molecule has 0 nitrogen and oxygen atoms in total. The third-order valence-corrected chi connectivity index (χ3v) is 3.64. The van der Waals surface area contributed by atoms with Gasteiger partial charge in [0.05, 0.1) is 0 Å². The fraction of sp³-hybridized carbons (Fsp3) is 0.833. The summed E-state index contributed by atoms with van der Waals surface area (Å²) in [6.07, 6.45) is 24.0. The van der Waals surface area contributed by atoms with Crippen LogP contribution in [0.3, 0.4) is 0 Å². The molecule has 109 valence electrons. The summed E-state index contributed by atoms with van der Waals surface area (Å²) >= 11 is 0. The molecule has 0 saturated heterocycles. The van der Waals surface area contributed by atoms with E-state index in [0.717, 1.165) is 0 Å². The van der Waals surface area contributed by atoms with E-state index in [4.69, 9.17) is 0 Å². The molecule has 0 bridgehead atoms. The topological polar surface area (TPSA) is 0 Å². The molecule has 0 aliphatic carbocycles. The van der Waals surface area contributed by atoms with Gasteiger partial charge >= 0.3 is 29.6 Å². The fourth-order valence-corrected chi connectivity index (χ4v) is 2.40. The van der Waals surface area contributed by atoms with Crippen molar-refractivity contribution < 1.29 is 0 Å². The molecule has 0 N–H and O–H groups in total. The first kappa shape index (κ1) is 22.0. The van der Waals surface area contributed by atoms with E-state index in [-0.39, 0.29) is 29.6 Å². The molecule has 0 aliphatic rings. The first-order chi connectivity index (χ1) is 8.91. The van der Waals surface area contributed by atoms with Crippen LogP contribution >= 0.6 is 0 Å². The van der Waals surface area contributed by atoms with E-state index in [1.807, 2.05) is 6.08 Å². The molecule has 0 unspecified atom stereocenters. The zero-order chi connectivity index (χ0) is 13.3. The van der Waals surface area contributed by atoms with Crippen molar-refractivity contribution in [3.05, 3.63) is 19.1 Å². The molecule has 0 aliphatic heterocycles. The first-order valence-electron chi connectivity index (χ1n) is 8.36. The van der Waals surface area contributed by atoms with Crippen molar-refractivity contribution in [3.63, 3.8) is 0 Å². The van der Waals surface area contributed by atoms with E-state index in [0.29, 0.717) is 0 Å². The minimum absolute atomic E-state index is 0. The van der Waals surface area contributed by atoms with Crippen LogP contribution in [0.4, 0.5) is 0 Å². The average Bonchev–Trinajstić information content (AvgIpc) is 2.39. The van der Waals surface area contributed by atoms with Crippen LogP contribution in [0.2, 0.25) is 0 Å². The molecule has 0 atom stereocenters. The van der Waals surface area contributed by atoms with Crippen molar-refractivity contribution in [3.8, 4) is 0 Å². The first-order valence-corrected chi connectivity index (χ1v) is 8.36. The number of hydrogen-bond donors (Lipinski definition) is 0. The van der Waals surface area contributed by atoms with Crippen molar-refractivity contribution in [2.24, 2.45) is 0 Å². The predicted molar refractivity (Wildman–Crippen MR) is 92.0 cm³/mol. The maximum absolute atomic E-state index is 3.70. The minimum atomic E-state index is 0. The monoisotopic (exact) mass is 275 g/mol. The molecule has 1 radical (unpaired) electrons. The fourth-order valence-electron chi connectivity index (χ4n) is 2.40. The number of allylic oxidation sites excluding steroid dienone is 2. The van der Waals surface area contributed by atoms with Gasteiger partial charge in [-0.15, -0.1) is 0 Å². The second kappa shape index (κ2) is 21.0. The van der Waals surface area contributed by atoms with Gasteiger partial charge in [0, 0.05) is 0 Å². The van der Waals surface area contributed by atoms with E-state index in [1.165, 1.54) is 89.9 Å². The Kier molecular flexibility index (Phi) is 24.4. The van der Waals surface area contributed by atoms with Gasteiger partial charge < -0.3 is 0 Å². The molecule has 0 saturated carbocycles. The van der Waals surface area contributed by atoms with Gasteiger partial charge in [-0.3, -0.25) is 0 Å². The normalized spacial score (nSPS) is 10.8. The van der Waals surface area contributed by atoms with Gasteiger partial charge in [-0.2, -0.15) is 0 Å². The number of hydrogen-bond acceptors (Lipinski definition) is 0. The summed E-state index contributed by atoms with van der Waals surface area (Å²) in [6, 6.07) is 0. The predicted octanol–water partition coefficient (Wildman–Crippen LogP) is 6.21. The standard InChI is InChI=1S/C18H35.Na.H/c1-3-5-7-9-11-13-15-17-18-16-14-12-10-8-6-4-2;;/h3,5H,1,4,6-18H2,2H3;;. The van der Waals surface area contributed by atoms with Crippen molar-refractivity contribution in [2.75, 3.05) is 0 Å². The zero-order valence-corrected chi connectivity index (χ0v) is 12.8. The van der Waals surface area contributed by atoms with Crippen LogP contribution in [0.25, 0.3) is 0 Å². The van der Waals surface area contributed by atoms with Crippen molar-refractivity contribution in [1.29, 1.82) is 0 Å². The van der Waals surface area contributed by atoms with Crippen LogP contribution in [-0.2, 0) is 0 Å². The Morgan fingerprint density at radius 2 is 1.00 bits per heavy atom. The van der Waals surface area contributed by atoms with Gasteiger partial charge in [-0.25, -0.2) is 0 Å². The summed E-state index contributed by atoms with van der Waals surface area (Å²) in [7, 11) is 0. The molecule has 19 heavy (non-hydrogen) atoms. The zero-order valence-electron chi connectivity index (χ0n) is 12.8.